The van der Waals surface area contributed by atoms with Crippen LogP contribution in [0.4, 0.5) is 5.69 Å². The molecule has 1 N–H and O–H groups in total. The van der Waals surface area contributed by atoms with Crippen molar-refractivity contribution in [2.45, 2.75) is 13.0 Å². The standard InChI is InChI=1S/C12H14ClN3O4/c1-7(12(18)15(2)3)14-11(17)8-4-5-10(16(19)20)9(13)6-8/h4-7H,1-3H3,(H,14,17). The second-order valence-electron chi connectivity index (χ2n) is 4.35. The highest BCUT2D eigenvalue weighted by atomic mass is 35.5. The van der Waals surface area contributed by atoms with E-state index < -0.39 is 16.9 Å². The molecule has 0 bridgehead atoms. The number of benzene rings is 1. The van der Waals surface area contributed by atoms with E-state index in [0.29, 0.717) is 0 Å². The van der Waals surface area contributed by atoms with E-state index in [1.807, 2.05) is 0 Å². The predicted molar refractivity (Wildman–Crippen MR) is 73.7 cm³/mol. The Morgan fingerprint density at radius 3 is 2.45 bits per heavy atom. The molecule has 0 saturated carbocycles. The molecule has 0 aliphatic rings. The number of halogens is 1. The Morgan fingerprint density at radius 1 is 1.40 bits per heavy atom. The Bertz CT molecular complexity index is 560. The fraction of sp³-hybridized carbons (Fsp3) is 0.333. The molecule has 0 spiro atoms. The van der Waals surface area contributed by atoms with Crippen molar-refractivity contribution in [3.8, 4) is 0 Å². The Kier molecular flexibility index (Phi) is 5.04. The van der Waals surface area contributed by atoms with Gasteiger partial charge in [0.05, 0.1) is 4.92 Å². The van der Waals surface area contributed by atoms with Crippen molar-refractivity contribution in [3.63, 3.8) is 0 Å². The molecule has 1 unspecified atom stereocenters. The number of likely N-dealkylation sites (N-methyl/N-ethyl adjacent to an activating group) is 1. The van der Waals surface area contributed by atoms with Crippen LogP contribution in [-0.2, 0) is 4.79 Å². The van der Waals surface area contributed by atoms with Crippen molar-refractivity contribution in [1.82, 2.24) is 10.2 Å². The van der Waals surface area contributed by atoms with Crippen molar-refractivity contribution >= 4 is 29.1 Å². The second kappa shape index (κ2) is 6.33. The summed E-state index contributed by atoms with van der Waals surface area (Å²) in [4.78, 5) is 34.9. The van der Waals surface area contributed by atoms with Gasteiger partial charge in [0.25, 0.3) is 11.6 Å². The van der Waals surface area contributed by atoms with Crippen LogP contribution < -0.4 is 5.32 Å². The largest absolute Gasteiger partial charge is 0.347 e. The van der Waals surface area contributed by atoms with E-state index in [1.165, 1.54) is 17.0 Å². The number of nitrogens with one attached hydrogen (secondary N) is 1. The van der Waals surface area contributed by atoms with Gasteiger partial charge in [0, 0.05) is 25.7 Å². The Balaban J connectivity index is 2.86. The monoisotopic (exact) mass is 299 g/mol. The number of amides is 2. The van der Waals surface area contributed by atoms with Gasteiger partial charge in [-0.2, -0.15) is 0 Å². The molecule has 1 aromatic rings. The molecule has 7 nitrogen and oxygen atoms in total. The first-order chi connectivity index (χ1) is 9.23. The Morgan fingerprint density at radius 2 is 2.00 bits per heavy atom. The number of nitrogens with zero attached hydrogens (tertiary/aromatic N) is 2. The van der Waals surface area contributed by atoms with E-state index in [2.05, 4.69) is 5.32 Å². The van der Waals surface area contributed by atoms with Crippen molar-refractivity contribution in [2.75, 3.05) is 14.1 Å². The van der Waals surface area contributed by atoms with Gasteiger partial charge in [-0.1, -0.05) is 11.6 Å². The minimum Gasteiger partial charge on any atom is -0.347 e. The smallest absolute Gasteiger partial charge is 0.287 e. The lowest BCUT2D eigenvalue weighted by Gasteiger charge is -2.18. The van der Waals surface area contributed by atoms with Gasteiger partial charge in [-0.15, -0.1) is 0 Å². The van der Waals surface area contributed by atoms with Gasteiger partial charge in [-0.3, -0.25) is 19.7 Å². The summed E-state index contributed by atoms with van der Waals surface area (Å²) >= 11 is 5.72. The van der Waals surface area contributed by atoms with E-state index in [9.17, 15) is 19.7 Å². The van der Waals surface area contributed by atoms with E-state index in [1.54, 1.807) is 21.0 Å². The molecule has 108 valence electrons. The van der Waals surface area contributed by atoms with E-state index in [0.717, 1.165) is 6.07 Å². The zero-order valence-corrected chi connectivity index (χ0v) is 12.0. The van der Waals surface area contributed by atoms with Gasteiger partial charge in [-0.05, 0) is 19.1 Å². The van der Waals surface area contributed by atoms with Crippen molar-refractivity contribution < 1.29 is 14.5 Å². The minimum atomic E-state index is -0.702. The SMILES string of the molecule is CC(NC(=O)c1ccc([N+](=O)[O-])c(Cl)c1)C(=O)N(C)C. The molecule has 0 aromatic heterocycles. The molecule has 20 heavy (non-hydrogen) atoms. The maximum Gasteiger partial charge on any atom is 0.287 e. The number of hydrogen-bond donors (Lipinski definition) is 1. The van der Waals surface area contributed by atoms with Gasteiger partial charge in [0.1, 0.15) is 11.1 Å². The normalized spacial score (nSPS) is 11.6. The highest BCUT2D eigenvalue weighted by Gasteiger charge is 2.20. The van der Waals surface area contributed by atoms with Gasteiger partial charge in [0.2, 0.25) is 5.91 Å². The number of carbonyl (C=O) groups excluding carboxylic acids is 2. The molecule has 0 heterocycles. The maximum atomic E-state index is 11.9. The third-order valence-electron chi connectivity index (χ3n) is 2.57. The van der Waals surface area contributed by atoms with Crippen LogP contribution in [0.2, 0.25) is 5.02 Å². The lowest BCUT2D eigenvalue weighted by Crippen LogP contribution is -2.44. The first-order valence-electron chi connectivity index (χ1n) is 5.70. The molecule has 0 radical (unpaired) electrons. The van der Waals surface area contributed by atoms with Crippen molar-refractivity contribution in [2.24, 2.45) is 0 Å². The zero-order chi connectivity index (χ0) is 15.4. The fourth-order valence-electron chi connectivity index (χ4n) is 1.53. The van der Waals surface area contributed by atoms with Crippen LogP contribution in [0, 0.1) is 10.1 Å². The number of carbonyl (C=O) groups is 2. The van der Waals surface area contributed by atoms with Crippen LogP contribution in [0.25, 0.3) is 0 Å². The average Bonchev–Trinajstić information content (AvgIpc) is 2.36. The van der Waals surface area contributed by atoms with Crippen LogP contribution in [0.3, 0.4) is 0 Å². The lowest BCUT2D eigenvalue weighted by molar-refractivity contribution is -0.384. The van der Waals surface area contributed by atoms with Crippen LogP contribution in [-0.4, -0.2) is 41.8 Å². The summed E-state index contributed by atoms with van der Waals surface area (Å²) in [5, 5.41) is 13.0. The van der Waals surface area contributed by atoms with Crippen molar-refractivity contribution in [1.29, 1.82) is 0 Å². The number of rotatable bonds is 4. The highest BCUT2D eigenvalue weighted by Crippen LogP contribution is 2.24. The molecule has 0 aliphatic heterocycles. The molecular weight excluding hydrogens is 286 g/mol. The Labute approximate surface area is 120 Å². The van der Waals surface area contributed by atoms with Gasteiger partial charge in [-0.25, -0.2) is 0 Å². The summed E-state index contributed by atoms with van der Waals surface area (Å²) in [6.45, 7) is 1.55. The summed E-state index contributed by atoms with van der Waals surface area (Å²) in [6.07, 6.45) is 0. The van der Waals surface area contributed by atoms with Gasteiger partial charge < -0.3 is 10.2 Å². The lowest BCUT2D eigenvalue weighted by atomic mass is 10.1. The van der Waals surface area contributed by atoms with E-state index >= 15 is 0 Å². The molecular formula is C12H14ClN3O4. The van der Waals surface area contributed by atoms with Crippen LogP contribution in [0.1, 0.15) is 17.3 Å². The maximum absolute atomic E-state index is 11.9. The third kappa shape index (κ3) is 3.67. The van der Waals surface area contributed by atoms with Crippen LogP contribution in [0.15, 0.2) is 18.2 Å². The topological polar surface area (TPSA) is 92.5 Å². The molecule has 1 aromatic carbocycles. The average molecular weight is 300 g/mol. The summed E-state index contributed by atoms with van der Waals surface area (Å²) in [5.74, 6) is -0.782. The summed E-state index contributed by atoms with van der Waals surface area (Å²) in [7, 11) is 3.15. The van der Waals surface area contributed by atoms with Crippen molar-refractivity contribution in [3.05, 3.63) is 38.9 Å². The van der Waals surface area contributed by atoms with Gasteiger partial charge >= 0.3 is 0 Å². The fourth-order valence-corrected chi connectivity index (χ4v) is 1.77. The predicted octanol–water partition coefficient (Wildman–Crippen LogP) is 1.45. The molecule has 2 amide bonds. The molecule has 0 saturated heterocycles. The summed E-state index contributed by atoms with van der Waals surface area (Å²) in [6, 6.07) is 2.93. The summed E-state index contributed by atoms with van der Waals surface area (Å²) in [5.41, 5.74) is -0.125. The molecule has 0 fully saturated rings. The van der Waals surface area contributed by atoms with E-state index in [-0.39, 0.29) is 22.2 Å². The highest BCUT2D eigenvalue weighted by molar-refractivity contribution is 6.33. The quantitative estimate of drug-likeness (QED) is 0.673. The van der Waals surface area contributed by atoms with Crippen LogP contribution >= 0.6 is 11.6 Å². The first-order valence-corrected chi connectivity index (χ1v) is 6.07. The second-order valence-corrected chi connectivity index (χ2v) is 4.76. The summed E-state index contributed by atoms with van der Waals surface area (Å²) < 4.78 is 0. The molecule has 8 heteroatoms. The zero-order valence-electron chi connectivity index (χ0n) is 11.2. The van der Waals surface area contributed by atoms with E-state index in [4.69, 9.17) is 11.6 Å². The minimum absolute atomic E-state index is 0.130. The van der Waals surface area contributed by atoms with Gasteiger partial charge in [0.15, 0.2) is 0 Å². The Hall–Kier alpha value is -2.15. The molecule has 1 rings (SSSR count). The molecule has 1 atom stereocenters. The number of hydrogen-bond acceptors (Lipinski definition) is 4. The third-order valence-corrected chi connectivity index (χ3v) is 2.87. The number of nitro groups is 1. The first kappa shape index (κ1) is 15.9. The molecule has 0 aliphatic carbocycles. The van der Waals surface area contributed by atoms with Crippen LogP contribution in [0.5, 0.6) is 0 Å². The number of nitro benzene ring substituents is 1.